The van der Waals surface area contributed by atoms with E-state index in [0.29, 0.717) is 17.1 Å². The van der Waals surface area contributed by atoms with Crippen molar-refractivity contribution in [1.82, 2.24) is 4.98 Å². The fraction of sp³-hybridized carbons (Fsp3) is 0.0769. The Labute approximate surface area is 111 Å². The molecule has 1 amide bonds. The first-order valence-electron chi connectivity index (χ1n) is 5.31. The van der Waals surface area contributed by atoms with Crippen molar-refractivity contribution in [3.05, 3.63) is 54.4 Å². The van der Waals surface area contributed by atoms with Gasteiger partial charge in [-0.1, -0.05) is 31.0 Å². The van der Waals surface area contributed by atoms with Crippen LogP contribution < -0.4 is 9.04 Å². The number of rotatable bonds is 3. The SMILES string of the molecule is COc1ccccc1N(S)C(=O)c1ccccn1. The molecule has 0 saturated carbocycles. The molecule has 0 N–H and O–H groups in total. The van der Waals surface area contributed by atoms with Crippen molar-refractivity contribution >= 4 is 24.4 Å². The number of nitrogens with zero attached hydrogens (tertiary/aromatic N) is 2. The van der Waals surface area contributed by atoms with Crippen LogP contribution in [0.4, 0.5) is 5.69 Å². The number of aromatic nitrogens is 1. The molecule has 0 bridgehead atoms. The molecule has 1 heterocycles. The summed E-state index contributed by atoms with van der Waals surface area (Å²) in [7, 11) is 1.55. The van der Waals surface area contributed by atoms with Gasteiger partial charge in [0.25, 0.3) is 5.91 Å². The highest BCUT2D eigenvalue weighted by molar-refractivity contribution is 7.82. The normalized spacial score (nSPS) is 9.89. The highest BCUT2D eigenvalue weighted by Crippen LogP contribution is 2.29. The molecule has 5 heteroatoms. The van der Waals surface area contributed by atoms with E-state index in [9.17, 15) is 4.79 Å². The zero-order valence-electron chi connectivity index (χ0n) is 9.78. The number of amides is 1. The van der Waals surface area contributed by atoms with Gasteiger partial charge in [-0.3, -0.25) is 9.78 Å². The van der Waals surface area contributed by atoms with E-state index in [1.54, 1.807) is 43.6 Å². The third kappa shape index (κ3) is 2.46. The lowest BCUT2D eigenvalue weighted by Crippen LogP contribution is -2.22. The van der Waals surface area contributed by atoms with E-state index in [1.807, 2.05) is 12.1 Å². The summed E-state index contributed by atoms with van der Waals surface area (Å²) in [4.78, 5) is 16.1. The fourth-order valence-electron chi connectivity index (χ4n) is 1.51. The Hall–Kier alpha value is -2.01. The summed E-state index contributed by atoms with van der Waals surface area (Å²) in [5, 5.41) is 0. The number of carbonyl (C=O) groups is 1. The molecule has 0 atom stereocenters. The number of pyridine rings is 1. The Morgan fingerprint density at radius 3 is 2.61 bits per heavy atom. The monoisotopic (exact) mass is 260 g/mol. The Morgan fingerprint density at radius 2 is 1.94 bits per heavy atom. The van der Waals surface area contributed by atoms with Crippen LogP contribution in [0.25, 0.3) is 0 Å². The third-order valence-electron chi connectivity index (χ3n) is 2.39. The molecule has 1 aromatic heterocycles. The maximum absolute atomic E-state index is 12.1. The number of benzene rings is 1. The molecule has 1 aromatic carbocycles. The number of carbonyl (C=O) groups excluding carboxylic acids is 1. The van der Waals surface area contributed by atoms with Crippen molar-refractivity contribution in [2.75, 3.05) is 11.4 Å². The van der Waals surface area contributed by atoms with Crippen LogP contribution in [0.1, 0.15) is 10.5 Å². The molecule has 0 spiro atoms. The van der Waals surface area contributed by atoms with E-state index < -0.39 is 0 Å². The van der Waals surface area contributed by atoms with Gasteiger partial charge in [0.2, 0.25) is 0 Å². The zero-order chi connectivity index (χ0) is 13.0. The van der Waals surface area contributed by atoms with Gasteiger partial charge in [-0.15, -0.1) is 0 Å². The maximum Gasteiger partial charge on any atom is 0.286 e. The molecule has 0 fully saturated rings. The minimum atomic E-state index is -0.302. The van der Waals surface area contributed by atoms with Gasteiger partial charge in [0.15, 0.2) is 0 Å². The lowest BCUT2D eigenvalue weighted by atomic mass is 10.2. The van der Waals surface area contributed by atoms with Gasteiger partial charge in [-0.2, -0.15) is 0 Å². The first kappa shape index (κ1) is 12.4. The summed E-state index contributed by atoms with van der Waals surface area (Å²) >= 11 is 4.21. The first-order valence-corrected chi connectivity index (χ1v) is 5.71. The van der Waals surface area contributed by atoms with Crippen LogP contribution in [-0.4, -0.2) is 18.0 Å². The fourth-order valence-corrected chi connectivity index (χ4v) is 1.78. The molecule has 0 aliphatic carbocycles. The summed E-state index contributed by atoms with van der Waals surface area (Å²) in [6, 6.07) is 12.3. The van der Waals surface area contributed by atoms with Gasteiger partial charge in [-0.05, 0) is 24.3 Å². The van der Waals surface area contributed by atoms with Crippen LogP contribution in [0.5, 0.6) is 5.75 Å². The minimum absolute atomic E-state index is 0.302. The quantitative estimate of drug-likeness (QED) is 0.862. The molecule has 2 rings (SSSR count). The smallest absolute Gasteiger partial charge is 0.286 e. The van der Waals surface area contributed by atoms with Crippen molar-refractivity contribution in [2.24, 2.45) is 0 Å². The van der Waals surface area contributed by atoms with Crippen molar-refractivity contribution in [3.8, 4) is 5.75 Å². The van der Waals surface area contributed by atoms with Crippen LogP contribution in [0.3, 0.4) is 0 Å². The molecule has 4 nitrogen and oxygen atoms in total. The number of methoxy groups -OCH3 is 1. The summed E-state index contributed by atoms with van der Waals surface area (Å²) in [5.41, 5.74) is 0.914. The molecule has 0 radical (unpaired) electrons. The van der Waals surface area contributed by atoms with Crippen LogP contribution in [0, 0.1) is 0 Å². The summed E-state index contributed by atoms with van der Waals surface area (Å²) in [5.74, 6) is 0.278. The first-order chi connectivity index (χ1) is 8.74. The minimum Gasteiger partial charge on any atom is -0.495 e. The maximum atomic E-state index is 12.1. The molecule has 18 heavy (non-hydrogen) atoms. The van der Waals surface area contributed by atoms with Crippen molar-refractivity contribution in [1.29, 1.82) is 0 Å². The summed E-state index contributed by atoms with van der Waals surface area (Å²) in [6.45, 7) is 0. The highest BCUT2D eigenvalue weighted by atomic mass is 32.1. The number of ether oxygens (including phenoxy) is 1. The van der Waals surface area contributed by atoms with E-state index in [-0.39, 0.29) is 5.91 Å². The second-order valence-electron chi connectivity index (χ2n) is 3.50. The number of anilines is 1. The van der Waals surface area contributed by atoms with E-state index in [2.05, 4.69) is 17.8 Å². The van der Waals surface area contributed by atoms with Gasteiger partial charge in [0.1, 0.15) is 11.4 Å². The zero-order valence-corrected chi connectivity index (χ0v) is 10.7. The van der Waals surface area contributed by atoms with Gasteiger partial charge < -0.3 is 4.74 Å². The van der Waals surface area contributed by atoms with Crippen molar-refractivity contribution in [3.63, 3.8) is 0 Å². The number of para-hydroxylation sites is 2. The molecule has 0 aliphatic rings. The Morgan fingerprint density at radius 1 is 1.22 bits per heavy atom. The summed E-state index contributed by atoms with van der Waals surface area (Å²) < 4.78 is 6.41. The lowest BCUT2D eigenvalue weighted by molar-refractivity contribution is 0.100. The highest BCUT2D eigenvalue weighted by Gasteiger charge is 2.18. The second kappa shape index (κ2) is 5.55. The average molecular weight is 260 g/mol. The van der Waals surface area contributed by atoms with E-state index in [4.69, 9.17) is 4.74 Å². The van der Waals surface area contributed by atoms with Crippen LogP contribution in [0.2, 0.25) is 0 Å². The van der Waals surface area contributed by atoms with E-state index >= 15 is 0 Å². The Kier molecular flexibility index (Phi) is 3.84. The van der Waals surface area contributed by atoms with Crippen LogP contribution in [-0.2, 0) is 0 Å². The second-order valence-corrected chi connectivity index (χ2v) is 3.90. The average Bonchev–Trinajstić information content (AvgIpc) is 2.46. The lowest BCUT2D eigenvalue weighted by Gasteiger charge is -2.17. The van der Waals surface area contributed by atoms with E-state index in [0.717, 1.165) is 0 Å². The molecule has 0 aliphatic heterocycles. The Balaban J connectivity index is 2.31. The van der Waals surface area contributed by atoms with Gasteiger partial charge >= 0.3 is 0 Å². The van der Waals surface area contributed by atoms with Crippen molar-refractivity contribution in [2.45, 2.75) is 0 Å². The standard InChI is InChI=1S/C13H12N2O2S/c1-17-12-8-3-2-7-11(12)15(18)13(16)10-6-4-5-9-14-10/h2-9,18H,1H3. The van der Waals surface area contributed by atoms with E-state index in [1.165, 1.54) is 4.31 Å². The van der Waals surface area contributed by atoms with Crippen molar-refractivity contribution < 1.29 is 9.53 Å². The molecular weight excluding hydrogens is 248 g/mol. The predicted octanol–water partition coefficient (Wildman–Crippen LogP) is 2.58. The molecule has 0 saturated heterocycles. The van der Waals surface area contributed by atoms with Crippen LogP contribution in [0.15, 0.2) is 48.7 Å². The third-order valence-corrected chi connectivity index (χ3v) is 2.79. The molecular formula is C13H12N2O2S. The van der Waals surface area contributed by atoms with Gasteiger partial charge in [0.05, 0.1) is 12.8 Å². The number of hydrogen-bond donors (Lipinski definition) is 1. The molecule has 2 aromatic rings. The number of thiol groups is 1. The van der Waals surface area contributed by atoms with Crippen LogP contribution >= 0.6 is 12.8 Å². The predicted molar refractivity (Wildman–Crippen MR) is 73.0 cm³/mol. The Bertz CT molecular complexity index is 546. The van der Waals surface area contributed by atoms with Gasteiger partial charge in [-0.25, -0.2) is 4.31 Å². The largest absolute Gasteiger partial charge is 0.495 e. The topological polar surface area (TPSA) is 42.4 Å². The molecule has 0 unspecified atom stereocenters. The molecule has 92 valence electrons. The van der Waals surface area contributed by atoms with Gasteiger partial charge in [0, 0.05) is 6.20 Å². The number of hydrogen-bond acceptors (Lipinski definition) is 4. The summed E-state index contributed by atoms with van der Waals surface area (Å²) in [6.07, 6.45) is 1.57.